The number of amides is 1. The van der Waals surface area contributed by atoms with Crippen molar-refractivity contribution in [1.82, 2.24) is 15.1 Å². The van der Waals surface area contributed by atoms with E-state index in [0.29, 0.717) is 12.2 Å². The first-order valence-electron chi connectivity index (χ1n) is 7.34. The Bertz CT molecular complexity index is 662. The zero-order chi connectivity index (χ0) is 14.8. The summed E-state index contributed by atoms with van der Waals surface area (Å²) < 4.78 is 1.74. The molecule has 0 fully saturated rings. The molecule has 0 aliphatic carbocycles. The third-order valence-electron chi connectivity index (χ3n) is 3.79. The zero-order valence-electron chi connectivity index (χ0n) is 12.4. The van der Waals surface area contributed by atoms with Gasteiger partial charge in [0.15, 0.2) is 0 Å². The van der Waals surface area contributed by atoms with Gasteiger partial charge in [0.2, 0.25) is 0 Å². The molecule has 2 aromatic rings. The van der Waals surface area contributed by atoms with Gasteiger partial charge >= 0.3 is 0 Å². The van der Waals surface area contributed by atoms with Crippen LogP contribution in [0.25, 0.3) is 0 Å². The highest BCUT2D eigenvalue weighted by Gasteiger charge is 2.21. The van der Waals surface area contributed by atoms with E-state index in [2.05, 4.69) is 27.9 Å². The lowest BCUT2D eigenvalue weighted by molar-refractivity contribution is 0.0927. The predicted octanol–water partition coefficient (Wildman–Crippen LogP) is 1.98. The van der Waals surface area contributed by atoms with Gasteiger partial charge in [-0.3, -0.25) is 9.48 Å². The maximum atomic E-state index is 12.4. The molecule has 1 aliphatic rings. The Labute approximate surface area is 124 Å². The third-order valence-corrected chi connectivity index (χ3v) is 3.79. The maximum absolute atomic E-state index is 12.4. The summed E-state index contributed by atoms with van der Waals surface area (Å²) in [5, 5.41) is 10.8. The highest BCUT2D eigenvalue weighted by molar-refractivity contribution is 5.93. The number of hydrogen-bond acceptors (Lipinski definition) is 3. The van der Waals surface area contributed by atoms with Gasteiger partial charge in [-0.1, -0.05) is 18.2 Å². The second-order valence-corrected chi connectivity index (χ2v) is 5.40. The molecule has 1 aromatic carbocycles. The van der Waals surface area contributed by atoms with Gasteiger partial charge in [-0.2, -0.15) is 5.10 Å². The summed E-state index contributed by atoms with van der Waals surface area (Å²) >= 11 is 0. The molecule has 0 bridgehead atoms. The monoisotopic (exact) mass is 284 g/mol. The van der Waals surface area contributed by atoms with E-state index in [1.807, 2.05) is 32.0 Å². The Morgan fingerprint density at radius 1 is 1.48 bits per heavy atom. The van der Waals surface area contributed by atoms with Crippen LogP contribution < -0.4 is 10.6 Å². The van der Waals surface area contributed by atoms with Gasteiger partial charge in [0.25, 0.3) is 5.91 Å². The second kappa shape index (κ2) is 5.60. The number of nitrogens with one attached hydrogen (secondary N) is 2. The van der Waals surface area contributed by atoms with Crippen LogP contribution in [0.15, 0.2) is 30.3 Å². The summed E-state index contributed by atoms with van der Waals surface area (Å²) in [6.07, 6.45) is 0.855. The minimum absolute atomic E-state index is 0.0522. The number of aromatic nitrogens is 2. The van der Waals surface area contributed by atoms with Crippen LogP contribution in [0.4, 0.5) is 5.69 Å². The quantitative estimate of drug-likeness (QED) is 0.906. The van der Waals surface area contributed by atoms with E-state index in [0.717, 1.165) is 24.3 Å². The van der Waals surface area contributed by atoms with Crippen LogP contribution in [0.3, 0.4) is 0 Å². The van der Waals surface area contributed by atoms with E-state index in [-0.39, 0.29) is 11.9 Å². The van der Waals surface area contributed by atoms with E-state index >= 15 is 0 Å². The molecule has 21 heavy (non-hydrogen) atoms. The van der Waals surface area contributed by atoms with Gasteiger partial charge in [0.1, 0.15) is 5.69 Å². The minimum atomic E-state index is -0.0522. The molecule has 2 heterocycles. The van der Waals surface area contributed by atoms with Crippen molar-refractivity contribution in [2.24, 2.45) is 0 Å². The Morgan fingerprint density at radius 2 is 2.29 bits per heavy atom. The van der Waals surface area contributed by atoms with Crippen LogP contribution in [-0.4, -0.2) is 28.3 Å². The number of nitrogens with zero attached hydrogens (tertiary/aromatic N) is 2. The lowest BCUT2D eigenvalue weighted by Gasteiger charge is -2.26. The van der Waals surface area contributed by atoms with Crippen molar-refractivity contribution < 1.29 is 4.79 Å². The van der Waals surface area contributed by atoms with Gasteiger partial charge in [-0.25, -0.2) is 0 Å². The lowest BCUT2D eigenvalue weighted by atomic mass is 9.99. The van der Waals surface area contributed by atoms with Crippen LogP contribution in [0.1, 0.15) is 28.7 Å². The zero-order valence-corrected chi connectivity index (χ0v) is 12.4. The third kappa shape index (κ3) is 2.77. The van der Waals surface area contributed by atoms with Crippen LogP contribution >= 0.6 is 0 Å². The van der Waals surface area contributed by atoms with Crippen LogP contribution in [0.5, 0.6) is 0 Å². The molecule has 0 saturated heterocycles. The molecule has 110 valence electrons. The number of hydrogen-bond donors (Lipinski definition) is 2. The summed E-state index contributed by atoms with van der Waals surface area (Å²) in [4.78, 5) is 12.4. The van der Waals surface area contributed by atoms with Crippen molar-refractivity contribution in [3.8, 4) is 0 Å². The number of carbonyl (C=O) groups is 1. The molecule has 1 aliphatic heterocycles. The van der Waals surface area contributed by atoms with Crippen LogP contribution in [0, 0.1) is 6.92 Å². The minimum Gasteiger partial charge on any atom is -0.383 e. The highest BCUT2D eigenvalue weighted by Crippen LogP contribution is 2.21. The van der Waals surface area contributed by atoms with Crippen molar-refractivity contribution >= 4 is 11.6 Å². The van der Waals surface area contributed by atoms with E-state index < -0.39 is 0 Å². The van der Waals surface area contributed by atoms with Gasteiger partial charge in [0.05, 0.1) is 11.7 Å². The fourth-order valence-electron chi connectivity index (χ4n) is 2.77. The van der Waals surface area contributed by atoms with Crippen LogP contribution in [0.2, 0.25) is 0 Å². The molecule has 0 radical (unpaired) electrons. The van der Waals surface area contributed by atoms with Crippen molar-refractivity contribution in [3.05, 3.63) is 47.3 Å². The molecule has 1 atom stereocenters. The molecular weight excluding hydrogens is 264 g/mol. The van der Waals surface area contributed by atoms with Crippen molar-refractivity contribution in [2.45, 2.75) is 32.9 Å². The second-order valence-electron chi connectivity index (χ2n) is 5.40. The number of rotatable bonds is 3. The molecule has 1 amide bonds. The Balaban J connectivity index is 1.71. The average Bonchev–Trinajstić information content (AvgIpc) is 2.88. The van der Waals surface area contributed by atoms with Gasteiger partial charge in [0, 0.05) is 18.8 Å². The van der Waals surface area contributed by atoms with Crippen molar-refractivity contribution in [1.29, 1.82) is 0 Å². The Kier molecular flexibility index (Phi) is 3.64. The van der Waals surface area contributed by atoms with Gasteiger partial charge in [-0.15, -0.1) is 0 Å². The average molecular weight is 284 g/mol. The van der Waals surface area contributed by atoms with Gasteiger partial charge in [-0.05, 0) is 38.0 Å². The van der Waals surface area contributed by atoms with E-state index in [1.54, 1.807) is 4.68 Å². The number of anilines is 1. The summed E-state index contributed by atoms with van der Waals surface area (Å²) in [7, 11) is 0. The van der Waals surface area contributed by atoms with E-state index in [1.165, 1.54) is 5.56 Å². The molecule has 1 unspecified atom stereocenters. The van der Waals surface area contributed by atoms with E-state index in [4.69, 9.17) is 0 Å². The first kappa shape index (κ1) is 13.7. The fourth-order valence-corrected chi connectivity index (χ4v) is 2.77. The normalized spacial score (nSPS) is 17.0. The van der Waals surface area contributed by atoms with Crippen LogP contribution in [-0.2, 0) is 13.0 Å². The standard InChI is InChI=1S/C16H20N4O/c1-3-20-15(8-11(2)19-20)16(21)18-13-9-12-6-4-5-7-14(12)17-10-13/h4-8,13,17H,3,9-10H2,1-2H3,(H,18,21). The number of fused-ring (bicyclic) bond motifs is 1. The molecule has 5 nitrogen and oxygen atoms in total. The van der Waals surface area contributed by atoms with Gasteiger partial charge < -0.3 is 10.6 Å². The smallest absolute Gasteiger partial charge is 0.269 e. The summed E-state index contributed by atoms with van der Waals surface area (Å²) in [6, 6.07) is 10.2. The first-order valence-corrected chi connectivity index (χ1v) is 7.34. The fraction of sp³-hybridized carbons (Fsp3) is 0.375. The summed E-state index contributed by atoms with van der Waals surface area (Å²) in [5.41, 5.74) is 3.91. The summed E-state index contributed by atoms with van der Waals surface area (Å²) in [5.74, 6) is -0.0522. The summed E-state index contributed by atoms with van der Waals surface area (Å²) in [6.45, 7) is 5.34. The number of para-hydroxylation sites is 1. The van der Waals surface area contributed by atoms with E-state index in [9.17, 15) is 4.79 Å². The number of carbonyl (C=O) groups excluding carboxylic acids is 1. The number of aryl methyl sites for hydroxylation is 2. The predicted molar refractivity (Wildman–Crippen MR) is 82.5 cm³/mol. The number of benzene rings is 1. The lowest BCUT2D eigenvalue weighted by Crippen LogP contribution is -2.44. The molecule has 2 N–H and O–H groups in total. The molecule has 5 heteroatoms. The van der Waals surface area contributed by atoms with Crippen molar-refractivity contribution in [3.63, 3.8) is 0 Å². The Morgan fingerprint density at radius 3 is 3.10 bits per heavy atom. The largest absolute Gasteiger partial charge is 0.383 e. The highest BCUT2D eigenvalue weighted by atomic mass is 16.2. The SMILES string of the molecule is CCn1nc(C)cc1C(=O)NC1CNc2ccccc2C1. The molecule has 1 aromatic heterocycles. The molecule has 0 saturated carbocycles. The van der Waals surface area contributed by atoms with Crippen molar-refractivity contribution in [2.75, 3.05) is 11.9 Å². The topological polar surface area (TPSA) is 59.0 Å². The molecular formula is C16H20N4O. The first-order chi connectivity index (χ1) is 10.2. The maximum Gasteiger partial charge on any atom is 0.269 e. The molecule has 0 spiro atoms. The Hall–Kier alpha value is -2.30. The molecule has 3 rings (SSSR count).